The highest BCUT2D eigenvalue weighted by atomic mass is 32.2. The lowest BCUT2D eigenvalue weighted by Crippen LogP contribution is -2.45. The monoisotopic (exact) mass is 332 g/mol. The molecule has 0 spiro atoms. The number of nitrogens with zero attached hydrogens (tertiary/aromatic N) is 4. The van der Waals surface area contributed by atoms with Crippen molar-refractivity contribution in [1.82, 2.24) is 20.2 Å². The standard InChI is InChI=1S/C14H16N6O2S/c15-9-14(5-1-2-6-14)17-11(21)8-23-13-19-18-12(20(13)16)10-4-3-7-22-10/h3-4,7H,1-2,5-6,8,16H2,(H,17,21). The molecule has 0 atom stereocenters. The van der Waals surface area contributed by atoms with Crippen molar-refractivity contribution in [3.05, 3.63) is 18.4 Å². The molecule has 1 saturated carbocycles. The second-order valence-electron chi connectivity index (χ2n) is 5.39. The molecule has 9 heteroatoms. The number of carbonyl (C=O) groups excluding carboxylic acids is 1. The molecular weight excluding hydrogens is 316 g/mol. The summed E-state index contributed by atoms with van der Waals surface area (Å²) in [5, 5.41) is 20.4. The SMILES string of the molecule is N#CC1(NC(=O)CSc2nnc(-c3ccco3)n2N)CCCC1. The number of carbonyl (C=O) groups is 1. The van der Waals surface area contributed by atoms with Gasteiger partial charge in [-0.3, -0.25) is 4.79 Å². The van der Waals surface area contributed by atoms with Gasteiger partial charge in [0.15, 0.2) is 5.76 Å². The fourth-order valence-electron chi connectivity index (χ4n) is 2.63. The molecule has 23 heavy (non-hydrogen) atoms. The number of nitrogen functional groups attached to an aromatic ring is 1. The van der Waals surface area contributed by atoms with Crippen LogP contribution in [0.1, 0.15) is 25.7 Å². The fourth-order valence-corrected chi connectivity index (χ4v) is 3.28. The van der Waals surface area contributed by atoms with Gasteiger partial charge in [0, 0.05) is 0 Å². The van der Waals surface area contributed by atoms with E-state index in [2.05, 4.69) is 21.6 Å². The van der Waals surface area contributed by atoms with Gasteiger partial charge in [0.25, 0.3) is 0 Å². The molecule has 2 aromatic heterocycles. The Kier molecular flexibility index (Phi) is 4.25. The molecule has 0 aromatic carbocycles. The molecule has 3 rings (SSSR count). The lowest BCUT2D eigenvalue weighted by molar-refractivity contribution is -0.119. The van der Waals surface area contributed by atoms with Crippen LogP contribution in [0.15, 0.2) is 28.0 Å². The van der Waals surface area contributed by atoms with E-state index in [-0.39, 0.29) is 11.7 Å². The van der Waals surface area contributed by atoms with Crippen LogP contribution in [0.25, 0.3) is 11.6 Å². The third kappa shape index (κ3) is 3.17. The molecule has 0 saturated heterocycles. The Morgan fingerprint density at radius 2 is 2.30 bits per heavy atom. The summed E-state index contributed by atoms with van der Waals surface area (Å²) in [5.41, 5.74) is -0.715. The van der Waals surface area contributed by atoms with E-state index < -0.39 is 5.54 Å². The third-order valence-corrected chi connectivity index (χ3v) is 4.73. The Hall–Kier alpha value is -2.47. The number of nitrogens with one attached hydrogen (secondary N) is 1. The maximum atomic E-state index is 12.1. The third-order valence-electron chi connectivity index (χ3n) is 3.79. The zero-order valence-corrected chi connectivity index (χ0v) is 13.2. The van der Waals surface area contributed by atoms with Gasteiger partial charge in [0.1, 0.15) is 5.54 Å². The van der Waals surface area contributed by atoms with Gasteiger partial charge < -0.3 is 15.6 Å². The number of nitrogens with two attached hydrogens (primary N) is 1. The Morgan fingerprint density at radius 1 is 1.52 bits per heavy atom. The molecule has 2 aromatic rings. The average molecular weight is 332 g/mol. The summed E-state index contributed by atoms with van der Waals surface area (Å²) >= 11 is 1.17. The van der Waals surface area contributed by atoms with Crippen molar-refractivity contribution in [3.63, 3.8) is 0 Å². The number of furan rings is 1. The summed E-state index contributed by atoms with van der Waals surface area (Å²) in [4.78, 5) is 12.1. The highest BCUT2D eigenvalue weighted by Gasteiger charge is 2.35. The normalized spacial score (nSPS) is 16.1. The van der Waals surface area contributed by atoms with Gasteiger partial charge in [-0.15, -0.1) is 10.2 Å². The number of rotatable bonds is 5. The van der Waals surface area contributed by atoms with Gasteiger partial charge >= 0.3 is 0 Å². The number of hydrogen-bond acceptors (Lipinski definition) is 7. The van der Waals surface area contributed by atoms with Crippen LogP contribution in [0, 0.1) is 11.3 Å². The van der Waals surface area contributed by atoms with Crippen LogP contribution in [-0.4, -0.2) is 32.1 Å². The van der Waals surface area contributed by atoms with E-state index in [0.29, 0.717) is 29.6 Å². The van der Waals surface area contributed by atoms with Crippen molar-refractivity contribution in [2.75, 3.05) is 11.6 Å². The molecule has 0 aliphatic heterocycles. The van der Waals surface area contributed by atoms with Crippen molar-refractivity contribution in [2.24, 2.45) is 0 Å². The Bertz CT molecular complexity index is 727. The predicted molar refractivity (Wildman–Crippen MR) is 83.6 cm³/mol. The molecule has 1 amide bonds. The van der Waals surface area contributed by atoms with E-state index in [1.165, 1.54) is 22.7 Å². The Morgan fingerprint density at radius 3 is 2.96 bits per heavy atom. The van der Waals surface area contributed by atoms with Crippen molar-refractivity contribution < 1.29 is 9.21 Å². The van der Waals surface area contributed by atoms with E-state index in [4.69, 9.17) is 10.3 Å². The molecule has 3 N–H and O–H groups in total. The van der Waals surface area contributed by atoms with Crippen molar-refractivity contribution in [1.29, 1.82) is 5.26 Å². The molecule has 2 heterocycles. The summed E-state index contributed by atoms with van der Waals surface area (Å²) in [6.45, 7) is 0. The number of amides is 1. The first kappa shape index (κ1) is 15.4. The van der Waals surface area contributed by atoms with Gasteiger partial charge in [0.2, 0.25) is 16.9 Å². The summed E-state index contributed by atoms with van der Waals surface area (Å²) in [6.07, 6.45) is 4.85. The Balaban J connectivity index is 1.61. The first-order valence-corrected chi connectivity index (χ1v) is 8.21. The summed E-state index contributed by atoms with van der Waals surface area (Å²) in [5.74, 6) is 6.73. The minimum atomic E-state index is -0.715. The van der Waals surface area contributed by atoms with E-state index in [0.717, 1.165) is 12.8 Å². The quantitative estimate of drug-likeness (QED) is 0.625. The molecule has 0 radical (unpaired) electrons. The van der Waals surface area contributed by atoms with Crippen LogP contribution in [0.3, 0.4) is 0 Å². The second-order valence-corrected chi connectivity index (χ2v) is 6.33. The minimum absolute atomic E-state index is 0.122. The number of aromatic nitrogens is 3. The number of hydrogen-bond donors (Lipinski definition) is 2. The maximum Gasteiger partial charge on any atom is 0.231 e. The first-order valence-electron chi connectivity index (χ1n) is 7.23. The van der Waals surface area contributed by atoms with E-state index in [1.807, 2.05) is 0 Å². The molecule has 1 aliphatic rings. The van der Waals surface area contributed by atoms with Crippen LogP contribution in [0.4, 0.5) is 0 Å². The topological polar surface area (TPSA) is 123 Å². The number of thioether (sulfide) groups is 1. The largest absolute Gasteiger partial charge is 0.461 e. The van der Waals surface area contributed by atoms with E-state index in [9.17, 15) is 10.1 Å². The van der Waals surface area contributed by atoms with Gasteiger partial charge in [-0.25, -0.2) is 4.68 Å². The predicted octanol–water partition coefficient (Wildman–Crippen LogP) is 1.30. The lowest BCUT2D eigenvalue weighted by Gasteiger charge is -2.21. The van der Waals surface area contributed by atoms with Crippen molar-refractivity contribution in [3.8, 4) is 17.7 Å². The molecular formula is C14H16N6O2S. The fraction of sp³-hybridized carbons (Fsp3) is 0.429. The average Bonchev–Trinajstić information content (AvgIpc) is 3.27. The van der Waals surface area contributed by atoms with Crippen molar-refractivity contribution in [2.45, 2.75) is 36.4 Å². The molecule has 0 bridgehead atoms. The van der Waals surface area contributed by atoms with Crippen LogP contribution >= 0.6 is 11.8 Å². The molecule has 120 valence electrons. The highest BCUT2D eigenvalue weighted by molar-refractivity contribution is 7.99. The molecule has 0 unspecified atom stereocenters. The van der Waals surface area contributed by atoms with Gasteiger partial charge in [-0.1, -0.05) is 11.8 Å². The van der Waals surface area contributed by atoms with E-state index in [1.54, 1.807) is 12.1 Å². The molecule has 8 nitrogen and oxygen atoms in total. The zero-order valence-electron chi connectivity index (χ0n) is 12.4. The summed E-state index contributed by atoms with van der Waals surface area (Å²) < 4.78 is 6.51. The van der Waals surface area contributed by atoms with Gasteiger partial charge in [0.05, 0.1) is 18.1 Å². The van der Waals surface area contributed by atoms with Gasteiger partial charge in [-0.2, -0.15) is 5.26 Å². The van der Waals surface area contributed by atoms with E-state index >= 15 is 0 Å². The van der Waals surface area contributed by atoms with Gasteiger partial charge in [-0.05, 0) is 37.8 Å². The smallest absolute Gasteiger partial charge is 0.231 e. The second kappa shape index (κ2) is 6.34. The van der Waals surface area contributed by atoms with Crippen molar-refractivity contribution >= 4 is 17.7 Å². The van der Waals surface area contributed by atoms with Crippen LogP contribution in [0.2, 0.25) is 0 Å². The van der Waals surface area contributed by atoms with Crippen LogP contribution < -0.4 is 11.2 Å². The summed E-state index contributed by atoms with van der Waals surface area (Å²) in [6, 6.07) is 5.69. The lowest BCUT2D eigenvalue weighted by atomic mass is 10.0. The first-order chi connectivity index (χ1) is 11.1. The molecule has 1 fully saturated rings. The zero-order chi connectivity index (χ0) is 16.3. The molecule has 1 aliphatic carbocycles. The minimum Gasteiger partial charge on any atom is -0.461 e. The number of nitriles is 1. The maximum absolute atomic E-state index is 12.1. The summed E-state index contributed by atoms with van der Waals surface area (Å²) in [7, 11) is 0. The Labute approximate surface area is 137 Å². The van der Waals surface area contributed by atoms with Crippen LogP contribution in [-0.2, 0) is 4.79 Å². The highest BCUT2D eigenvalue weighted by Crippen LogP contribution is 2.29. The van der Waals surface area contributed by atoms with Crippen LogP contribution in [0.5, 0.6) is 0 Å².